The summed E-state index contributed by atoms with van der Waals surface area (Å²) >= 11 is 12.4. The van der Waals surface area contributed by atoms with Crippen LogP contribution in [0.15, 0.2) is 158 Å². The van der Waals surface area contributed by atoms with Gasteiger partial charge in [-0.25, -0.2) is 24.4 Å². The summed E-state index contributed by atoms with van der Waals surface area (Å²) < 4.78 is 10.8. The molecule has 5 aromatic rings. The molecule has 0 saturated carbocycles. The van der Waals surface area contributed by atoms with Gasteiger partial charge in [0, 0.05) is 61.3 Å². The van der Waals surface area contributed by atoms with Crippen molar-refractivity contribution in [2.75, 3.05) is 74.5 Å². The fraction of sp³-hybridized carbons (Fsp3) is 0.304. The molecule has 6 rings (SSSR count). The lowest BCUT2D eigenvalue weighted by molar-refractivity contribution is -0.147. The van der Waals surface area contributed by atoms with Crippen LogP contribution in [0, 0.1) is 5.41 Å². The van der Waals surface area contributed by atoms with E-state index in [1.165, 1.54) is 27.0 Å². The number of esters is 1. The van der Waals surface area contributed by atoms with Crippen LogP contribution < -0.4 is 20.2 Å². The third kappa shape index (κ3) is 17.4. The summed E-state index contributed by atoms with van der Waals surface area (Å²) in [6, 6.07) is 32.7. The Morgan fingerprint density at radius 3 is 1.86 bits per heavy atom. The molecule has 0 fully saturated rings. The van der Waals surface area contributed by atoms with E-state index in [1.807, 2.05) is 81.4 Å². The summed E-state index contributed by atoms with van der Waals surface area (Å²) in [4.78, 5) is 85.2. The topological polar surface area (TPSA) is 206 Å². The van der Waals surface area contributed by atoms with Crippen LogP contribution in [-0.4, -0.2) is 132 Å². The molecule has 1 heterocycles. The van der Waals surface area contributed by atoms with E-state index in [9.17, 15) is 39.0 Å². The number of aliphatic carboxylic acids is 2. The summed E-state index contributed by atoms with van der Waals surface area (Å²) in [5, 5.41) is 29.0. The number of amides is 5. The second-order valence-corrected chi connectivity index (χ2v) is 18.1. The first kappa shape index (κ1) is 59.1. The number of rotatable bonds is 24. The molecule has 402 valence electrons. The molecule has 76 heavy (non-hydrogen) atoms. The average molecular weight is 1080 g/mol. The number of hydrogen-bond donors (Lipinski definition) is 3. The Morgan fingerprint density at radius 2 is 1.32 bits per heavy atom. The minimum absolute atomic E-state index is 0.0205. The number of anilines is 3. The Morgan fingerprint density at radius 1 is 0.724 bits per heavy atom. The number of allylic oxidation sites excluding steroid dienone is 3. The monoisotopic (exact) mass is 1080 g/mol. The van der Waals surface area contributed by atoms with Crippen molar-refractivity contribution in [2.45, 2.75) is 46.2 Å². The van der Waals surface area contributed by atoms with Gasteiger partial charge >= 0.3 is 30.0 Å². The third-order valence-electron chi connectivity index (χ3n) is 12.0. The quantitative estimate of drug-likeness (QED) is 0.0300. The predicted molar refractivity (Wildman–Crippen MR) is 293 cm³/mol. The first-order valence-electron chi connectivity index (χ1n) is 24.6. The number of benzene rings is 4. The van der Waals surface area contributed by atoms with Gasteiger partial charge in [0.15, 0.2) is 0 Å². The van der Waals surface area contributed by atoms with Crippen molar-refractivity contribution in [1.29, 1.82) is 0 Å². The second-order valence-electron chi connectivity index (χ2n) is 17.2. The molecule has 1 aliphatic rings. The second kappa shape index (κ2) is 29.9. The summed E-state index contributed by atoms with van der Waals surface area (Å²) in [5.41, 5.74) is 1.64. The number of carbonyl (C=O) groups excluding carboxylic acids is 4. The maximum Gasteiger partial charge on any atom is 0.341 e. The number of urea groups is 2. The molecule has 1 aromatic heterocycles. The highest BCUT2D eigenvalue weighted by Gasteiger charge is 2.41. The van der Waals surface area contributed by atoms with Crippen molar-refractivity contribution < 1.29 is 48.5 Å². The van der Waals surface area contributed by atoms with Crippen molar-refractivity contribution in [3.05, 3.63) is 179 Å². The van der Waals surface area contributed by atoms with Gasteiger partial charge in [-0.1, -0.05) is 108 Å². The van der Waals surface area contributed by atoms with Gasteiger partial charge in [-0.05, 0) is 99.0 Å². The number of carbonyl (C=O) groups is 6. The zero-order chi connectivity index (χ0) is 55.0. The van der Waals surface area contributed by atoms with Gasteiger partial charge in [0.05, 0.1) is 31.1 Å². The van der Waals surface area contributed by atoms with Crippen LogP contribution in [0.25, 0.3) is 0 Å². The van der Waals surface area contributed by atoms with Crippen LogP contribution in [0.2, 0.25) is 10.0 Å². The van der Waals surface area contributed by atoms with Gasteiger partial charge in [0.2, 0.25) is 5.91 Å². The fourth-order valence-electron chi connectivity index (χ4n) is 7.93. The number of hydrogen-bond acceptors (Lipinski definition) is 11. The van der Waals surface area contributed by atoms with Crippen molar-refractivity contribution in [2.24, 2.45) is 5.41 Å². The lowest BCUT2D eigenvalue weighted by Crippen LogP contribution is -2.58. The predicted octanol–water partition coefficient (Wildman–Crippen LogP) is 9.02. The van der Waals surface area contributed by atoms with Gasteiger partial charge in [0.1, 0.15) is 31.2 Å². The number of nitrogens with one attached hydrogen (secondary N) is 1. The number of nitrogens with zero attached hydrogens (tertiary/aromatic N) is 7. The number of aromatic nitrogens is 1. The summed E-state index contributed by atoms with van der Waals surface area (Å²) in [7, 11) is 1.53. The number of pyridine rings is 1. The highest BCUT2D eigenvalue weighted by Crippen LogP contribution is 2.35. The summed E-state index contributed by atoms with van der Waals surface area (Å²) in [6.45, 7) is 6.84. The zero-order valence-corrected chi connectivity index (χ0v) is 44.4. The average Bonchev–Trinajstić information content (AvgIpc) is 3.43. The largest absolute Gasteiger partial charge is 0.481 e. The highest BCUT2D eigenvalue weighted by molar-refractivity contribution is 6.31. The van der Waals surface area contributed by atoms with E-state index in [2.05, 4.69) is 10.3 Å². The Labute approximate surface area is 453 Å². The highest BCUT2D eigenvalue weighted by atomic mass is 35.5. The molecule has 0 aliphatic heterocycles. The van der Waals surface area contributed by atoms with Gasteiger partial charge < -0.3 is 29.9 Å². The molecule has 0 spiro atoms. The van der Waals surface area contributed by atoms with Crippen LogP contribution in [0.5, 0.6) is 0 Å². The number of carboxylic acids is 2. The van der Waals surface area contributed by atoms with Crippen LogP contribution in [0.3, 0.4) is 0 Å². The molecule has 20 heteroatoms. The van der Waals surface area contributed by atoms with Gasteiger partial charge in [-0.3, -0.25) is 34.3 Å². The molecular weight excluding hydrogens is 1020 g/mol. The van der Waals surface area contributed by atoms with Crippen LogP contribution >= 0.6 is 23.2 Å². The maximum atomic E-state index is 14.4. The molecule has 0 radical (unpaired) electrons. The first-order chi connectivity index (χ1) is 36.6. The van der Waals surface area contributed by atoms with Gasteiger partial charge in [0.25, 0.3) is 0 Å². The van der Waals surface area contributed by atoms with E-state index in [-0.39, 0.29) is 58.1 Å². The smallest absolute Gasteiger partial charge is 0.341 e. The zero-order valence-electron chi connectivity index (χ0n) is 42.9. The van der Waals surface area contributed by atoms with E-state index in [1.54, 1.807) is 107 Å². The first-order valence-corrected chi connectivity index (χ1v) is 25.3. The van der Waals surface area contributed by atoms with E-state index in [0.717, 1.165) is 11.1 Å². The van der Waals surface area contributed by atoms with Gasteiger partial charge in [-0.2, -0.15) is 0 Å². The Balaban J connectivity index is 0.000000301. The number of carboxylic acid groups (broad SMARTS) is 2. The van der Waals surface area contributed by atoms with Crippen LogP contribution in [0.4, 0.5) is 26.7 Å². The standard InChI is InChI=1S/C34H35Cl2N3O6.C22H29N5O4/c1-2-44-21-22-45-31(40)30(23-25-9-5-3-6-10-25)37-33(43)39(29-17-13-27(36)14-18-29)38(28-15-11-26(35)12-16-28)24-34(32(41)42)19-7-4-8-20-34;1-4-25(5-2)20(28)16-26(19-11-13-23-14-12-19)22(31)27(24(3)17-21(29)30)15-18-9-7-6-8-10-18/h3-19,30H,2,20-24H2,1H3,(H,37,43)(H,41,42);6-14H,4-5,15-17H2,1-3H3,(H,29,30)/t30-,34?;/m0./s1. The Hall–Kier alpha value is -7.77. The third-order valence-corrected chi connectivity index (χ3v) is 12.5. The van der Waals surface area contributed by atoms with E-state index in [4.69, 9.17) is 32.7 Å². The minimum atomic E-state index is -1.37. The van der Waals surface area contributed by atoms with Crippen molar-refractivity contribution in [3.8, 4) is 0 Å². The molecular formula is C56H64Cl2N8O10. The van der Waals surface area contributed by atoms with Crippen LogP contribution in [0.1, 0.15) is 38.3 Å². The lowest BCUT2D eigenvalue weighted by atomic mass is 9.81. The van der Waals surface area contributed by atoms with Crippen molar-refractivity contribution in [1.82, 2.24) is 25.2 Å². The maximum absolute atomic E-state index is 14.4. The Bertz CT molecular complexity index is 2720. The molecule has 0 saturated heterocycles. The molecule has 1 aliphatic carbocycles. The molecule has 1 unspecified atom stereocenters. The Kier molecular flexibility index (Phi) is 23.3. The normalized spacial score (nSPS) is 13.8. The van der Waals surface area contributed by atoms with Crippen molar-refractivity contribution in [3.63, 3.8) is 0 Å². The van der Waals surface area contributed by atoms with E-state index < -0.39 is 41.4 Å². The number of halogens is 2. The molecule has 3 N–H and O–H groups in total. The van der Waals surface area contributed by atoms with E-state index in [0.29, 0.717) is 46.8 Å². The SMILES string of the molecule is CCN(CC)C(=O)CN(C(=O)N(Cc1ccccc1)N(C)CC(=O)O)c1ccncc1.CCOCCOC(=O)[C@H](Cc1ccccc1)NC(=O)N(c1ccc(Cl)cc1)N(CC1(C(=O)O)C=CC=CC1)c1ccc(Cl)cc1. The number of likely N-dealkylation sites (N-methyl/N-ethyl adjacent to an activating group) is 2. The minimum Gasteiger partial charge on any atom is -0.481 e. The molecule has 0 bridgehead atoms. The van der Waals surface area contributed by atoms with Crippen molar-refractivity contribution >= 4 is 76.1 Å². The molecule has 4 aromatic carbocycles. The number of ether oxygens (including phenoxy) is 2. The summed E-state index contributed by atoms with van der Waals surface area (Å²) in [5.74, 6) is -2.96. The van der Waals surface area contributed by atoms with E-state index >= 15 is 0 Å². The fourth-order valence-corrected chi connectivity index (χ4v) is 8.18. The summed E-state index contributed by atoms with van der Waals surface area (Å²) in [6.07, 6.45) is 10.3. The van der Waals surface area contributed by atoms with Crippen LogP contribution in [-0.2, 0) is 41.6 Å². The van der Waals surface area contributed by atoms with Gasteiger partial charge in [-0.15, -0.1) is 0 Å². The number of hydrazine groups is 2. The molecule has 2 atom stereocenters. The molecule has 18 nitrogen and oxygen atoms in total. The lowest BCUT2D eigenvalue weighted by Gasteiger charge is -2.41. The molecule has 5 amide bonds.